The molecule has 1 saturated carbocycles. The zero-order valence-electron chi connectivity index (χ0n) is 10.4. The van der Waals surface area contributed by atoms with Crippen molar-refractivity contribution in [3.05, 3.63) is 0 Å². The maximum Gasteiger partial charge on any atom is 0.0206 e. The molecule has 2 rings (SSSR count). The van der Waals surface area contributed by atoms with Gasteiger partial charge >= 0.3 is 0 Å². The first-order valence-electron chi connectivity index (χ1n) is 6.56. The Bertz CT molecular complexity index is 197. The summed E-state index contributed by atoms with van der Waals surface area (Å²) in [5.74, 6) is 2.51. The first-order chi connectivity index (χ1) is 7.06. The SMILES string of the molecule is CC1CC(C)CC(N2CC(C)C(N)C2)C1. The Morgan fingerprint density at radius 2 is 1.53 bits per heavy atom. The Kier molecular flexibility index (Phi) is 3.36. The quantitative estimate of drug-likeness (QED) is 0.718. The van der Waals surface area contributed by atoms with Crippen LogP contribution in [0.4, 0.5) is 0 Å². The normalized spacial score (nSPS) is 48.4. The monoisotopic (exact) mass is 210 g/mol. The van der Waals surface area contributed by atoms with Crippen LogP contribution in [-0.2, 0) is 0 Å². The van der Waals surface area contributed by atoms with E-state index in [2.05, 4.69) is 25.7 Å². The summed E-state index contributed by atoms with van der Waals surface area (Å²) in [5, 5.41) is 0. The van der Waals surface area contributed by atoms with E-state index >= 15 is 0 Å². The van der Waals surface area contributed by atoms with Crippen molar-refractivity contribution in [3.63, 3.8) is 0 Å². The fraction of sp³-hybridized carbons (Fsp3) is 1.00. The second-order valence-electron chi connectivity index (χ2n) is 6.17. The highest BCUT2D eigenvalue weighted by Crippen LogP contribution is 2.33. The van der Waals surface area contributed by atoms with Crippen LogP contribution in [-0.4, -0.2) is 30.1 Å². The Labute approximate surface area is 94.2 Å². The summed E-state index contributed by atoms with van der Waals surface area (Å²) in [4.78, 5) is 2.65. The fourth-order valence-corrected chi connectivity index (χ4v) is 3.53. The number of hydrogen-bond acceptors (Lipinski definition) is 2. The molecule has 4 unspecified atom stereocenters. The lowest BCUT2D eigenvalue weighted by atomic mass is 9.80. The average molecular weight is 210 g/mol. The van der Waals surface area contributed by atoms with E-state index in [0.717, 1.165) is 24.4 Å². The minimum atomic E-state index is 0.414. The van der Waals surface area contributed by atoms with E-state index in [1.807, 2.05) is 0 Å². The predicted molar refractivity (Wildman–Crippen MR) is 64.7 cm³/mol. The zero-order chi connectivity index (χ0) is 11.0. The summed E-state index contributed by atoms with van der Waals surface area (Å²) in [7, 11) is 0. The van der Waals surface area contributed by atoms with Crippen molar-refractivity contribution >= 4 is 0 Å². The Morgan fingerprint density at radius 3 is 2.00 bits per heavy atom. The van der Waals surface area contributed by atoms with Gasteiger partial charge in [0.15, 0.2) is 0 Å². The molecule has 2 nitrogen and oxygen atoms in total. The molecule has 2 fully saturated rings. The van der Waals surface area contributed by atoms with Gasteiger partial charge in [0.05, 0.1) is 0 Å². The van der Waals surface area contributed by atoms with E-state index in [1.54, 1.807) is 0 Å². The summed E-state index contributed by atoms with van der Waals surface area (Å²) >= 11 is 0. The minimum absolute atomic E-state index is 0.414. The fourth-order valence-electron chi connectivity index (χ4n) is 3.53. The third-order valence-corrected chi connectivity index (χ3v) is 4.37. The predicted octanol–water partition coefficient (Wildman–Crippen LogP) is 2.09. The molecule has 15 heavy (non-hydrogen) atoms. The smallest absolute Gasteiger partial charge is 0.0206 e. The topological polar surface area (TPSA) is 29.3 Å². The summed E-state index contributed by atoms with van der Waals surface area (Å²) in [6.45, 7) is 9.46. The van der Waals surface area contributed by atoms with Crippen LogP contribution >= 0.6 is 0 Å². The van der Waals surface area contributed by atoms with Gasteiger partial charge in [-0.25, -0.2) is 0 Å². The Morgan fingerprint density at radius 1 is 0.933 bits per heavy atom. The van der Waals surface area contributed by atoms with Crippen LogP contribution in [0.3, 0.4) is 0 Å². The molecule has 4 atom stereocenters. The zero-order valence-corrected chi connectivity index (χ0v) is 10.4. The first kappa shape index (κ1) is 11.4. The van der Waals surface area contributed by atoms with Gasteiger partial charge in [0.1, 0.15) is 0 Å². The standard InChI is InChI=1S/C13H26N2/c1-9-4-10(2)6-12(5-9)15-7-11(3)13(14)8-15/h9-13H,4-8,14H2,1-3H3. The van der Waals surface area contributed by atoms with Gasteiger partial charge in [-0.3, -0.25) is 4.90 Å². The molecule has 2 N–H and O–H groups in total. The second-order valence-corrected chi connectivity index (χ2v) is 6.17. The van der Waals surface area contributed by atoms with Crippen LogP contribution in [0, 0.1) is 17.8 Å². The third kappa shape index (κ3) is 2.54. The molecule has 88 valence electrons. The highest BCUT2D eigenvalue weighted by atomic mass is 15.2. The van der Waals surface area contributed by atoms with Gasteiger partial charge in [0.25, 0.3) is 0 Å². The van der Waals surface area contributed by atoms with Gasteiger partial charge in [-0.1, -0.05) is 20.8 Å². The summed E-state index contributed by atoms with van der Waals surface area (Å²) in [6.07, 6.45) is 4.21. The van der Waals surface area contributed by atoms with Crippen molar-refractivity contribution in [2.75, 3.05) is 13.1 Å². The van der Waals surface area contributed by atoms with E-state index in [-0.39, 0.29) is 0 Å². The Hall–Kier alpha value is -0.0800. The molecule has 2 aliphatic rings. The molecule has 2 heteroatoms. The molecule has 1 aliphatic heterocycles. The van der Waals surface area contributed by atoms with Crippen LogP contribution in [0.1, 0.15) is 40.0 Å². The number of nitrogens with zero attached hydrogens (tertiary/aromatic N) is 1. The van der Waals surface area contributed by atoms with Gasteiger partial charge in [-0.2, -0.15) is 0 Å². The molecule has 0 radical (unpaired) electrons. The van der Waals surface area contributed by atoms with Crippen LogP contribution in [0.25, 0.3) is 0 Å². The van der Waals surface area contributed by atoms with E-state index in [4.69, 9.17) is 5.73 Å². The van der Waals surface area contributed by atoms with Gasteiger partial charge in [0.2, 0.25) is 0 Å². The molecule has 1 aliphatic carbocycles. The largest absolute Gasteiger partial charge is 0.326 e. The average Bonchev–Trinajstić information content (AvgIpc) is 2.45. The first-order valence-corrected chi connectivity index (χ1v) is 6.56. The van der Waals surface area contributed by atoms with Crippen molar-refractivity contribution in [2.45, 2.75) is 52.1 Å². The van der Waals surface area contributed by atoms with Gasteiger partial charge in [0, 0.05) is 25.2 Å². The summed E-state index contributed by atoms with van der Waals surface area (Å²) in [6, 6.07) is 1.23. The van der Waals surface area contributed by atoms with Crippen LogP contribution in [0.15, 0.2) is 0 Å². The van der Waals surface area contributed by atoms with Crippen molar-refractivity contribution in [1.29, 1.82) is 0 Å². The minimum Gasteiger partial charge on any atom is -0.326 e. The van der Waals surface area contributed by atoms with Crippen LogP contribution in [0.2, 0.25) is 0 Å². The third-order valence-electron chi connectivity index (χ3n) is 4.37. The Balaban J connectivity index is 1.93. The number of hydrogen-bond donors (Lipinski definition) is 1. The van der Waals surface area contributed by atoms with Crippen molar-refractivity contribution < 1.29 is 0 Å². The summed E-state index contributed by atoms with van der Waals surface area (Å²) in [5.41, 5.74) is 6.10. The van der Waals surface area contributed by atoms with Crippen molar-refractivity contribution in [2.24, 2.45) is 23.5 Å². The van der Waals surface area contributed by atoms with E-state index in [9.17, 15) is 0 Å². The lowest BCUT2D eigenvalue weighted by Gasteiger charge is -2.37. The van der Waals surface area contributed by atoms with E-state index in [1.165, 1.54) is 25.8 Å². The number of nitrogens with two attached hydrogens (primary N) is 1. The van der Waals surface area contributed by atoms with E-state index in [0.29, 0.717) is 12.0 Å². The maximum absolute atomic E-state index is 6.10. The molecule has 0 bridgehead atoms. The highest BCUT2D eigenvalue weighted by molar-refractivity contribution is 4.90. The molecule has 1 heterocycles. The molecular weight excluding hydrogens is 184 g/mol. The lowest BCUT2D eigenvalue weighted by Crippen LogP contribution is -2.40. The van der Waals surface area contributed by atoms with Crippen LogP contribution in [0.5, 0.6) is 0 Å². The lowest BCUT2D eigenvalue weighted by molar-refractivity contribution is 0.129. The molecule has 0 aromatic carbocycles. The van der Waals surface area contributed by atoms with Crippen molar-refractivity contribution in [3.8, 4) is 0 Å². The number of rotatable bonds is 1. The van der Waals surface area contributed by atoms with E-state index < -0.39 is 0 Å². The molecular formula is C13H26N2. The van der Waals surface area contributed by atoms with Gasteiger partial charge in [-0.15, -0.1) is 0 Å². The molecule has 0 amide bonds. The molecule has 0 aromatic heterocycles. The van der Waals surface area contributed by atoms with Crippen molar-refractivity contribution in [1.82, 2.24) is 4.90 Å². The summed E-state index contributed by atoms with van der Waals surface area (Å²) < 4.78 is 0. The van der Waals surface area contributed by atoms with Crippen LogP contribution < -0.4 is 5.73 Å². The number of likely N-dealkylation sites (tertiary alicyclic amines) is 1. The maximum atomic E-state index is 6.10. The highest BCUT2D eigenvalue weighted by Gasteiger charge is 2.34. The van der Waals surface area contributed by atoms with Gasteiger partial charge in [-0.05, 0) is 37.0 Å². The second kappa shape index (κ2) is 4.42. The molecule has 1 saturated heterocycles. The molecule has 0 aromatic rings. The van der Waals surface area contributed by atoms with Gasteiger partial charge < -0.3 is 5.73 Å². The molecule has 0 spiro atoms.